The SMILES string of the molecule is CCC(Cc1cccs1)Nc1c(Nc2cccc(C(=O)N(C)C)c2O)c(=O)n(C)n(C)c1=O. The second-order valence-electron chi connectivity index (χ2n) is 7.97. The summed E-state index contributed by atoms with van der Waals surface area (Å²) in [6.07, 6.45) is 1.43. The molecule has 2 heterocycles. The average molecular weight is 472 g/mol. The van der Waals surface area contributed by atoms with E-state index in [0.29, 0.717) is 6.42 Å². The Labute approximate surface area is 195 Å². The van der Waals surface area contributed by atoms with E-state index in [-0.39, 0.29) is 45.9 Å². The van der Waals surface area contributed by atoms with E-state index in [0.717, 1.165) is 11.3 Å². The van der Waals surface area contributed by atoms with Crippen molar-refractivity contribution in [1.29, 1.82) is 0 Å². The van der Waals surface area contributed by atoms with Crippen LogP contribution in [0.1, 0.15) is 28.6 Å². The quantitative estimate of drug-likeness (QED) is 0.436. The number of amides is 1. The molecular formula is C23H29N5O4S. The Morgan fingerprint density at radius 2 is 1.76 bits per heavy atom. The zero-order valence-electron chi connectivity index (χ0n) is 19.4. The van der Waals surface area contributed by atoms with Gasteiger partial charge in [-0.1, -0.05) is 19.1 Å². The van der Waals surface area contributed by atoms with Crippen LogP contribution in [0.15, 0.2) is 45.3 Å². The van der Waals surface area contributed by atoms with Crippen LogP contribution in [0.3, 0.4) is 0 Å². The van der Waals surface area contributed by atoms with Gasteiger partial charge in [-0.3, -0.25) is 14.4 Å². The first-order chi connectivity index (χ1) is 15.6. The molecular weight excluding hydrogens is 442 g/mol. The van der Waals surface area contributed by atoms with Gasteiger partial charge in [-0.2, -0.15) is 0 Å². The van der Waals surface area contributed by atoms with Crippen LogP contribution in [0.25, 0.3) is 0 Å². The molecule has 0 fully saturated rings. The third-order valence-electron chi connectivity index (χ3n) is 5.52. The number of rotatable bonds is 8. The van der Waals surface area contributed by atoms with Crippen molar-refractivity contribution in [3.05, 3.63) is 66.9 Å². The molecule has 3 aromatic rings. The number of thiophene rings is 1. The molecule has 0 saturated heterocycles. The molecule has 1 atom stereocenters. The van der Waals surface area contributed by atoms with Crippen molar-refractivity contribution in [3.8, 4) is 5.75 Å². The van der Waals surface area contributed by atoms with Crippen LogP contribution in [-0.2, 0) is 20.5 Å². The normalized spacial score (nSPS) is 11.8. The first kappa shape index (κ1) is 24.1. The number of phenolic OH excluding ortho intramolecular Hbond substituents is 1. The molecule has 1 amide bonds. The molecule has 0 spiro atoms. The number of carbonyl (C=O) groups excluding carboxylic acids is 1. The Morgan fingerprint density at radius 3 is 2.33 bits per heavy atom. The van der Waals surface area contributed by atoms with Crippen molar-refractivity contribution >= 4 is 34.3 Å². The van der Waals surface area contributed by atoms with Gasteiger partial charge in [0, 0.05) is 45.5 Å². The van der Waals surface area contributed by atoms with Gasteiger partial charge in [-0.25, -0.2) is 9.36 Å². The molecule has 0 saturated carbocycles. The van der Waals surface area contributed by atoms with Crippen LogP contribution in [-0.4, -0.2) is 45.4 Å². The molecule has 2 aromatic heterocycles. The molecule has 1 unspecified atom stereocenters. The van der Waals surface area contributed by atoms with Crippen LogP contribution >= 0.6 is 11.3 Å². The van der Waals surface area contributed by atoms with Crippen molar-refractivity contribution in [2.45, 2.75) is 25.8 Å². The minimum atomic E-state index is -0.450. The van der Waals surface area contributed by atoms with Crippen molar-refractivity contribution in [3.63, 3.8) is 0 Å². The number of hydrogen-bond acceptors (Lipinski definition) is 7. The van der Waals surface area contributed by atoms with Gasteiger partial charge >= 0.3 is 0 Å². The number of anilines is 3. The predicted octanol–water partition coefficient (Wildman–Crippen LogP) is 2.73. The number of nitrogens with one attached hydrogen (secondary N) is 2. The number of carbonyl (C=O) groups is 1. The molecule has 9 nitrogen and oxygen atoms in total. The van der Waals surface area contributed by atoms with Crippen molar-refractivity contribution in [1.82, 2.24) is 14.3 Å². The van der Waals surface area contributed by atoms with Crippen molar-refractivity contribution in [2.75, 3.05) is 24.7 Å². The fourth-order valence-corrected chi connectivity index (χ4v) is 4.21. The fraction of sp³-hybridized carbons (Fsp3) is 0.348. The number of phenols is 1. The lowest BCUT2D eigenvalue weighted by molar-refractivity contribution is 0.0824. The molecule has 0 aliphatic carbocycles. The molecule has 10 heteroatoms. The molecule has 3 rings (SSSR count). The van der Waals surface area contributed by atoms with E-state index in [9.17, 15) is 19.5 Å². The number of aromatic nitrogens is 2. The van der Waals surface area contributed by atoms with Gasteiger partial charge in [-0.05, 0) is 30.0 Å². The lowest BCUT2D eigenvalue weighted by Crippen LogP contribution is -2.39. The standard InChI is InChI=1S/C23H29N5O4S/c1-6-14(13-15-9-8-12-33-15)24-18-19(23(32)28(5)27(4)22(18)31)25-17-11-7-10-16(20(17)29)21(30)26(2)3/h7-12,14,24-25,29H,6,13H2,1-5H3. The topological polar surface area (TPSA) is 109 Å². The highest BCUT2D eigenvalue weighted by molar-refractivity contribution is 7.09. The van der Waals surface area contributed by atoms with E-state index in [2.05, 4.69) is 10.6 Å². The summed E-state index contributed by atoms with van der Waals surface area (Å²) in [4.78, 5) is 41.2. The Hall–Kier alpha value is -3.53. The maximum Gasteiger partial charge on any atom is 0.290 e. The molecule has 0 aliphatic heterocycles. The zero-order chi connectivity index (χ0) is 24.3. The number of hydrogen-bond donors (Lipinski definition) is 3. The Kier molecular flexibility index (Phi) is 7.27. The Balaban J connectivity index is 2.07. The second-order valence-corrected chi connectivity index (χ2v) is 9.00. The summed E-state index contributed by atoms with van der Waals surface area (Å²) in [5, 5.41) is 18.9. The van der Waals surface area contributed by atoms with Gasteiger partial charge in [0.05, 0.1) is 11.3 Å². The maximum absolute atomic E-state index is 13.1. The first-order valence-electron chi connectivity index (χ1n) is 10.6. The molecule has 176 valence electrons. The largest absolute Gasteiger partial charge is 0.505 e. The lowest BCUT2D eigenvalue weighted by atomic mass is 10.1. The van der Waals surface area contributed by atoms with Crippen LogP contribution in [0.5, 0.6) is 5.75 Å². The Morgan fingerprint density at radius 1 is 1.09 bits per heavy atom. The number of benzene rings is 1. The maximum atomic E-state index is 13.1. The zero-order valence-corrected chi connectivity index (χ0v) is 20.2. The van der Waals surface area contributed by atoms with Gasteiger partial charge in [0.25, 0.3) is 17.0 Å². The molecule has 3 N–H and O–H groups in total. The van der Waals surface area contributed by atoms with Gasteiger partial charge in [-0.15, -0.1) is 11.3 Å². The predicted molar refractivity (Wildman–Crippen MR) is 132 cm³/mol. The molecule has 1 aromatic carbocycles. The Bertz CT molecular complexity index is 1260. The van der Waals surface area contributed by atoms with Crippen LogP contribution in [0.4, 0.5) is 17.1 Å². The lowest BCUT2D eigenvalue weighted by Gasteiger charge is -2.22. The highest BCUT2D eigenvalue weighted by Crippen LogP contribution is 2.31. The highest BCUT2D eigenvalue weighted by atomic mass is 32.1. The highest BCUT2D eigenvalue weighted by Gasteiger charge is 2.22. The van der Waals surface area contributed by atoms with Crippen LogP contribution < -0.4 is 21.8 Å². The molecule has 0 radical (unpaired) electrons. The van der Waals surface area contributed by atoms with Gasteiger partial charge < -0.3 is 20.6 Å². The van der Waals surface area contributed by atoms with Crippen molar-refractivity contribution in [2.24, 2.45) is 14.1 Å². The molecule has 0 aliphatic rings. The van der Waals surface area contributed by atoms with E-state index in [1.54, 1.807) is 37.6 Å². The number of aromatic hydroxyl groups is 1. The third-order valence-corrected chi connectivity index (χ3v) is 6.42. The van der Waals surface area contributed by atoms with E-state index >= 15 is 0 Å². The number of nitrogens with zero attached hydrogens (tertiary/aromatic N) is 3. The summed E-state index contributed by atoms with van der Waals surface area (Å²) in [6, 6.07) is 8.56. The third kappa shape index (κ3) is 4.95. The van der Waals surface area contributed by atoms with E-state index < -0.39 is 5.56 Å². The van der Waals surface area contributed by atoms with E-state index in [1.165, 1.54) is 34.4 Å². The van der Waals surface area contributed by atoms with Gasteiger partial charge in [0.15, 0.2) is 5.75 Å². The molecule has 0 bridgehead atoms. The van der Waals surface area contributed by atoms with Gasteiger partial charge in [0.1, 0.15) is 11.4 Å². The van der Waals surface area contributed by atoms with Gasteiger partial charge in [0.2, 0.25) is 0 Å². The summed E-state index contributed by atoms with van der Waals surface area (Å²) < 4.78 is 2.43. The van der Waals surface area contributed by atoms with E-state index in [4.69, 9.17) is 0 Å². The fourth-order valence-electron chi connectivity index (χ4n) is 3.43. The average Bonchev–Trinajstić information content (AvgIpc) is 3.31. The molecule has 33 heavy (non-hydrogen) atoms. The van der Waals surface area contributed by atoms with Crippen LogP contribution in [0.2, 0.25) is 0 Å². The summed E-state index contributed by atoms with van der Waals surface area (Å²) >= 11 is 1.63. The summed E-state index contributed by atoms with van der Waals surface area (Å²) in [5.41, 5.74) is -0.465. The summed E-state index contributed by atoms with van der Waals surface area (Å²) in [6.45, 7) is 2.01. The minimum absolute atomic E-state index is 0.00924. The van der Waals surface area contributed by atoms with Crippen molar-refractivity contribution < 1.29 is 9.90 Å². The monoisotopic (exact) mass is 471 g/mol. The van der Waals surface area contributed by atoms with Crippen LogP contribution in [0, 0.1) is 0 Å². The second kappa shape index (κ2) is 9.95. The summed E-state index contributed by atoms with van der Waals surface area (Å²) in [7, 11) is 6.18. The number of para-hydroxylation sites is 1. The van der Waals surface area contributed by atoms with E-state index in [1.807, 2.05) is 24.4 Å². The first-order valence-corrected chi connectivity index (χ1v) is 11.4. The minimum Gasteiger partial charge on any atom is -0.505 e. The summed E-state index contributed by atoms with van der Waals surface area (Å²) in [5.74, 6) is -0.677. The smallest absolute Gasteiger partial charge is 0.290 e.